The normalized spacial score (nSPS) is 17.3. The lowest BCUT2D eigenvalue weighted by atomic mass is 9.89. The molecule has 1 aromatic carbocycles. The second-order valence-electron chi connectivity index (χ2n) is 6.18. The lowest BCUT2D eigenvalue weighted by Gasteiger charge is -2.26. The van der Waals surface area contributed by atoms with Crippen molar-refractivity contribution in [2.45, 2.75) is 25.7 Å². The Morgan fingerprint density at radius 2 is 1.65 bits per heavy atom. The van der Waals surface area contributed by atoms with Crippen molar-refractivity contribution in [3.63, 3.8) is 0 Å². The van der Waals surface area contributed by atoms with Crippen LogP contribution in [0.25, 0.3) is 5.57 Å². The van der Waals surface area contributed by atoms with E-state index >= 15 is 0 Å². The molecule has 0 unspecified atom stereocenters. The van der Waals surface area contributed by atoms with Gasteiger partial charge in [-0.25, -0.2) is 0 Å². The van der Waals surface area contributed by atoms with Crippen LogP contribution in [0.2, 0.25) is 0 Å². The van der Waals surface area contributed by atoms with Crippen LogP contribution in [0.5, 0.6) is 0 Å². The predicted molar refractivity (Wildman–Crippen MR) is 90.7 cm³/mol. The van der Waals surface area contributed by atoms with Crippen LogP contribution in [0.4, 0.5) is 0 Å². The number of benzene rings is 1. The predicted octanol–water partition coefficient (Wildman–Crippen LogP) is 3.76. The Balaban J connectivity index is 1.89. The molecule has 4 rings (SSSR count). The largest absolute Gasteiger partial charge is 0.260 e. The van der Waals surface area contributed by atoms with Gasteiger partial charge in [-0.15, -0.1) is 4.91 Å². The highest BCUT2D eigenvalue weighted by molar-refractivity contribution is 5.84. The van der Waals surface area contributed by atoms with Gasteiger partial charge < -0.3 is 0 Å². The van der Waals surface area contributed by atoms with Gasteiger partial charge in [0.25, 0.3) is 0 Å². The van der Waals surface area contributed by atoms with Crippen molar-refractivity contribution in [2.24, 2.45) is 5.29 Å². The highest BCUT2D eigenvalue weighted by atomic mass is 16.3. The number of rotatable bonds is 1. The fourth-order valence-corrected chi connectivity index (χ4v) is 3.70. The molecule has 1 aliphatic carbocycles. The third kappa shape index (κ3) is 2.54. The second-order valence-corrected chi connectivity index (χ2v) is 6.18. The summed E-state index contributed by atoms with van der Waals surface area (Å²) >= 11 is 0. The van der Waals surface area contributed by atoms with Gasteiger partial charge in [-0.3, -0.25) is 9.99 Å². The summed E-state index contributed by atoms with van der Waals surface area (Å²) in [6.07, 6.45) is 5.72. The lowest BCUT2D eigenvalue weighted by Crippen LogP contribution is -2.25. The van der Waals surface area contributed by atoms with Gasteiger partial charge in [0, 0.05) is 24.9 Å². The topological polar surface area (TPSA) is 45.6 Å². The van der Waals surface area contributed by atoms with Crippen molar-refractivity contribution < 1.29 is 0 Å². The first-order valence-corrected chi connectivity index (χ1v) is 8.19. The first-order chi connectivity index (χ1) is 11.4. The Bertz CT molecular complexity index is 722. The zero-order valence-corrected chi connectivity index (χ0v) is 13.0. The fourth-order valence-electron chi connectivity index (χ4n) is 3.70. The molecule has 23 heavy (non-hydrogen) atoms. The number of nitroso groups, excluding NO2 is 1. The van der Waals surface area contributed by atoms with Crippen molar-refractivity contribution >= 4 is 5.57 Å². The molecule has 2 heterocycles. The minimum atomic E-state index is 0.701. The molecule has 0 amide bonds. The Hall–Kier alpha value is -2.49. The van der Waals surface area contributed by atoms with E-state index in [1.807, 2.05) is 12.3 Å². The van der Waals surface area contributed by atoms with Crippen LogP contribution in [0, 0.1) is 4.91 Å². The van der Waals surface area contributed by atoms with Crippen molar-refractivity contribution in [3.05, 3.63) is 75.5 Å². The SMILES string of the molecule is O=NN1CCC(=C2c3ccccc3CCc3cccnc32)CC1. The molecule has 2 aromatic rings. The van der Waals surface area contributed by atoms with E-state index in [4.69, 9.17) is 4.98 Å². The second kappa shape index (κ2) is 5.95. The molecule has 116 valence electrons. The molecule has 0 N–H and O–H groups in total. The number of piperidine rings is 1. The Kier molecular flexibility index (Phi) is 3.66. The van der Waals surface area contributed by atoms with Gasteiger partial charge in [0.2, 0.25) is 0 Å². The number of aryl methyl sites for hydroxylation is 2. The molecule has 1 aliphatic heterocycles. The molecule has 1 saturated heterocycles. The van der Waals surface area contributed by atoms with E-state index < -0.39 is 0 Å². The van der Waals surface area contributed by atoms with Gasteiger partial charge in [-0.05, 0) is 48.4 Å². The molecule has 4 heteroatoms. The quantitative estimate of drug-likeness (QED) is 0.754. The standard InChI is InChI=1S/C19H19N3O/c23-21-22-12-9-15(10-13-22)18-17-6-2-1-4-14(17)7-8-16-5-3-11-20-19(16)18/h1-6,11H,7-10,12-13H2. The number of fused-ring (bicyclic) bond motifs is 2. The van der Waals surface area contributed by atoms with E-state index in [9.17, 15) is 4.91 Å². The van der Waals surface area contributed by atoms with E-state index in [2.05, 4.69) is 35.6 Å². The van der Waals surface area contributed by atoms with E-state index in [-0.39, 0.29) is 0 Å². The summed E-state index contributed by atoms with van der Waals surface area (Å²) in [6.45, 7) is 1.40. The Morgan fingerprint density at radius 3 is 2.48 bits per heavy atom. The maximum Gasteiger partial charge on any atom is 0.0739 e. The van der Waals surface area contributed by atoms with Crippen LogP contribution in [-0.2, 0) is 12.8 Å². The zero-order chi connectivity index (χ0) is 15.6. The van der Waals surface area contributed by atoms with Gasteiger partial charge in [-0.1, -0.05) is 35.9 Å². The summed E-state index contributed by atoms with van der Waals surface area (Å²) in [4.78, 5) is 15.5. The zero-order valence-electron chi connectivity index (χ0n) is 13.0. The summed E-state index contributed by atoms with van der Waals surface area (Å²) in [7, 11) is 0. The number of hydrogen-bond acceptors (Lipinski definition) is 3. The lowest BCUT2D eigenvalue weighted by molar-refractivity contribution is 0.266. The van der Waals surface area contributed by atoms with E-state index in [0.717, 1.165) is 31.4 Å². The minimum Gasteiger partial charge on any atom is -0.260 e. The van der Waals surface area contributed by atoms with Crippen LogP contribution in [0.3, 0.4) is 0 Å². The molecule has 4 nitrogen and oxygen atoms in total. The van der Waals surface area contributed by atoms with Gasteiger partial charge in [0.1, 0.15) is 0 Å². The number of pyridine rings is 1. The summed E-state index contributed by atoms with van der Waals surface area (Å²) in [5.74, 6) is 0. The van der Waals surface area contributed by atoms with Gasteiger partial charge >= 0.3 is 0 Å². The molecule has 0 radical (unpaired) electrons. The van der Waals surface area contributed by atoms with Crippen molar-refractivity contribution in [1.29, 1.82) is 0 Å². The summed E-state index contributed by atoms with van der Waals surface area (Å²) < 4.78 is 0. The average molecular weight is 305 g/mol. The first-order valence-electron chi connectivity index (χ1n) is 8.19. The summed E-state index contributed by atoms with van der Waals surface area (Å²) in [5, 5.41) is 4.70. The van der Waals surface area contributed by atoms with E-state index in [1.54, 1.807) is 5.01 Å². The van der Waals surface area contributed by atoms with Gasteiger partial charge in [0.15, 0.2) is 0 Å². The monoisotopic (exact) mass is 305 g/mol. The van der Waals surface area contributed by atoms with Crippen molar-refractivity contribution in [2.75, 3.05) is 13.1 Å². The van der Waals surface area contributed by atoms with E-state index in [0.29, 0.717) is 13.1 Å². The first kappa shape index (κ1) is 14.1. The van der Waals surface area contributed by atoms with E-state index in [1.165, 1.54) is 27.8 Å². The van der Waals surface area contributed by atoms with Crippen LogP contribution in [0.1, 0.15) is 35.2 Å². The van der Waals surface area contributed by atoms with Crippen LogP contribution < -0.4 is 0 Å². The van der Waals surface area contributed by atoms with Gasteiger partial charge in [0.05, 0.1) is 11.0 Å². The maximum absolute atomic E-state index is 10.7. The smallest absolute Gasteiger partial charge is 0.0739 e. The van der Waals surface area contributed by atoms with Crippen LogP contribution in [-0.4, -0.2) is 23.1 Å². The average Bonchev–Trinajstić information content (AvgIpc) is 2.79. The molecule has 0 bridgehead atoms. The maximum atomic E-state index is 10.7. The van der Waals surface area contributed by atoms with Crippen LogP contribution in [0.15, 0.2) is 53.5 Å². The Labute approximate surface area is 135 Å². The third-order valence-corrected chi connectivity index (χ3v) is 4.89. The molecule has 0 saturated carbocycles. The van der Waals surface area contributed by atoms with Crippen LogP contribution >= 0.6 is 0 Å². The molecule has 1 aromatic heterocycles. The van der Waals surface area contributed by atoms with Gasteiger partial charge in [-0.2, -0.15) is 0 Å². The third-order valence-electron chi connectivity index (χ3n) is 4.89. The van der Waals surface area contributed by atoms with Crippen molar-refractivity contribution in [3.8, 4) is 0 Å². The molecular formula is C19H19N3O. The number of hydrogen-bond donors (Lipinski definition) is 0. The molecule has 2 aliphatic rings. The molecule has 0 atom stereocenters. The highest BCUT2D eigenvalue weighted by Gasteiger charge is 2.24. The summed E-state index contributed by atoms with van der Waals surface area (Å²) in [5.41, 5.74) is 7.84. The Morgan fingerprint density at radius 1 is 0.913 bits per heavy atom. The highest BCUT2D eigenvalue weighted by Crippen LogP contribution is 2.37. The minimum absolute atomic E-state index is 0.701. The number of nitrogens with zero attached hydrogens (tertiary/aromatic N) is 3. The molecule has 0 spiro atoms. The molecule has 1 fully saturated rings. The number of aromatic nitrogens is 1. The summed E-state index contributed by atoms with van der Waals surface area (Å²) in [6, 6.07) is 12.9. The fraction of sp³-hybridized carbons (Fsp3) is 0.316. The van der Waals surface area contributed by atoms with Crippen molar-refractivity contribution in [1.82, 2.24) is 9.99 Å². The molecular weight excluding hydrogens is 286 g/mol.